The van der Waals surface area contributed by atoms with Crippen LogP contribution in [0.2, 0.25) is 5.02 Å². The second-order valence-electron chi connectivity index (χ2n) is 2.01. The normalized spacial score (nSPS) is 10.9. The zero-order valence-electron chi connectivity index (χ0n) is 5.76. The number of nitrogens with zero attached hydrogens (tertiary/aromatic N) is 1. The van der Waals surface area contributed by atoms with Crippen molar-refractivity contribution in [3.05, 3.63) is 34.4 Å². The summed E-state index contributed by atoms with van der Waals surface area (Å²) >= 11 is 5.26. The summed E-state index contributed by atoms with van der Waals surface area (Å²) in [7, 11) is 0. The topological polar surface area (TPSA) is 32.6 Å². The number of benzene rings is 1. The third-order valence-electron chi connectivity index (χ3n) is 1.26. The highest BCUT2D eigenvalue weighted by atomic mass is 35.5. The van der Waals surface area contributed by atoms with Crippen LogP contribution in [0.4, 0.5) is 8.78 Å². The average Bonchev–Trinajstić information content (AvgIpc) is 2.07. The first-order valence-electron chi connectivity index (χ1n) is 2.97. The summed E-state index contributed by atoms with van der Waals surface area (Å²) in [6.45, 7) is 0. The molecule has 0 unspecified atom stereocenters. The molecule has 1 rings (SSSR count). The fourth-order valence-electron chi connectivity index (χ4n) is 0.703. The molecule has 2 nitrogen and oxygen atoms in total. The van der Waals surface area contributed by atoms with E-state index in [1.54, 1.807) is 0 Å². The highest BCUT2D eigenvalue weighted by molar-refractivity contribution is 6.30. The van der Waals surface area contributed by atoms with Crippen LogP contribution in [0.5, 0.6) is 0 Å². The molecule has 0 spiro atoms. The molecule has 0 fully saturated rings. The van der Waals surface area contributed by atoms with Gasteiger partial charge in [-0.3, -0.25) is 0 Å². The van der Waals surface area contributed by atoms with Crippen LogP contribution in [0, 0.1) is 11.6 Å². The van der Waals surface area contributed by atoms with E-state index in [0.29, 0.717) is 0 Å². The highest BCUT2D eigenvalue weighted by Gasteiger charge is 2.10. The van der Waals surface area contributed by atoms with Gasteiger partial charge in [-0.05, 0) is 12.1 Å². The molecule has 0 bridgehead atoms. The van der Waals surface area contributed by atoms with E-state index in [1.807, 2.05) is 0 Å². The van der Waals surface area contributed by atoms with Crippen molar-refractivity contribution >= 4 is 17.8 Å². The molecule has 1 N–H and O–H groups in total. The molecule has 1 aromatic carbocycles. The molecule has 0 aromatic heterocycles. The lowest BCUT2D eigenvalue weighted by Crippen LogP contribution is -1.93. The Kier molecular flexibility index (Phi) is 2.60. The monoisotopic (exact) mass is 191 g/mol. The second-order valence-corrected chi connectivity index (χ2v) is 2.42. The zero-order chi connectivity index (χ0) is 9.14. The van der Waals surface area contributed by atoms with Gasteiger partial charge in [-0.25, -0.2) is 8.78 Å². The minimum absolute atomic E-state index is 0.153. The Morgan fingerprint density at radius 2 is 2.00 bits per heavy atom. The van der Waals surface area contributed by atoms with Crippen molar-refractivity contribution in [3.63, 3.8) is 0 Å². The molecule has 0 atom stereocenters. The Balaban J connectivity index is 3.26. The maximum absolute atomic E-state index is 12.8. The lowest BCUT2D eigenvalue weighted by Gasteiger charge is -1.98. The van der Waals surface area contributed by atoms with Crippen molar-refractivity contribution in [2.45, 2.75) is 0 Å². The third-order valence-corrected chi connectivity index (χ3v) is 1.55. The fourth-order valence-corrected chi connectivity index (χ4v) is 0.849. The first kappa shape index (κ1) is 8.93. The van der Waals surface area contributed by atoms with E-state index in [2.05, 4.69) is 5.16 Å². The van der Waals surface area contributed by atoms with Gasteiger partial charge in [0.25, 0.3) is 0 Å². The van der Waals surface area contributed by atoms with Crippen molar-refractivity contribution in [1.29, 1.82) is 0 Å². The van der Waals surface area contributed by atoms with Crippen LogP contribution in [0.3, 0.4) is 0 Å². The van der Waals surface area contributed by atoms with Gasteiger partial charge < -0.3 is 5.21 Å². The number of halogens is 3. The van der Waals surface area contributed by atoms with E-state index in [0.717, 1.165) is 6.21 Å². The predicted molar refractivity (Wildman–Crippen MR) is 40.7 cm³/mol. The Hall–Kier alpha value is -1.16. The lowest BCUT2D eigenvalue weighted by molar-refractivity contribution is 0.321. The van der Waals surface area contributed by atoms with Crippen LogP contribution < -0.4 is 0 Å². The van der Waals surface area contributed by atoms with Crippen LogP contribution in [0.25, 0.3) is 0 Å². The van der Waals surface area contributed by atoms with Crippen LogP contribution in [0.15, 0.2) is 17.3 Å². The highest BCUT2D eigenvalue weighted by Crippen LogP contribution is 2.19. The van der Waals surface area contributed by atoms with Crippen molar-refractivity contribution in [2.24, 2.45) is 5.16 Å². The number of hydrogen-bond acceptors (Lipinski definition) is 2. The van der Waals surface area contributed by atoms with E-state index in [9.17, 15) is 8.78 Å². The quantitative estimate of drug-likeness (QED) is 0.314. The van der Waals surface area contributed by atoms with Gasteiger partial charge in [-0.1, -0.05) is 16.8 Å². The number of oxime groups is 1. The SMILES string of the molecule is O/N=C\c1ccc(Cl)c(F)c1F. The first-order valence-corrected chi connectivity index (χ1v) is 3.35. The minimum Gasteiger partial charge on any atom is -0.411 e. The molecule has 1 aromatic rings. The van der Waals surface area contributed by atoms with E-state index >= 15 is 0 Å². The maximum atomic E-state index is 12.8. The Bertz CT molecular complexity index is 327. The van der Waals surface area contributed by atoms with Gasteiger partial charge in [0.2, 0.25) is 0 Å². The van der Waals surface area contributed by atoms with Gasteiger partial charge in [0.15, 0.2) is 11.6 Å². The average molecular weight is 192 g/mol. The summed E-state index contributed by atoms with van der Waals surface area (Å²) in [5.74, 6) is -2.27. The van der Waals surface area contributed by atoms with Crippen molar-refractivity contribution in [1.82, 2.24) is 0 Å². The number of rotatable bonds is 1. The molecule has 0 aliphatic heterocycles. The van der Waals surface area contributed by atoms with Crippen molar-refractivity contribution < 1.29 is 14.0 Å². The van der Waals surface area contributed by atoms with Gasteiger partial charge in [-0.2, -0.15) is 0 Å². The Labute approximate surface area is 72.1 Å². The molecule has 12 heavy (non-hydrogen) atoms. The van der Waals surface area contributed by atoms with Gasteiger partial charge in [0.05, 0.1) is 11.2 Å². The molecule has 0 aliphatic rings. The standard InChI is InChI=1S/C7H4ClF2NO/c8-5-2-1-4(3-11-12)6(9)7(5)10/h1-3,12H/b11-3-. The first-order chi connectivity index (χ1) is 5.66. The molecular weight excluding hydrogens is 188 g/mol. The Morgan fingerprint density at radius 1 is 1.33 bits per heavy atom. The third kappa shape index (κ3) is 1.53. The smallest absolute Gasteiger partial charge is 0.178 e. The molecule has 0 saturated heterocycles. The zero-order valence-corrected chi connectivity index (χ0v) is 6.52. The largest absolute Gasteiger partial charge is 0.411 e. The molecule has 5 heteroatoms. The van der Waals surface area contributed by atoms with Gasteiger partial charge in [0, 0.05) is 5.56 Å². The predicted octanol–water partition coefficient (Wildman–Crippen LogP) is 2.43. The van der Waals surface area contributed by atoms with E-state index < -0.39 is 11.6 Å². The summed E-state index contributed by atoms with van der Waals surface area (Å²) in [5, 5.41) is 10.3. The molecule has 0 saturated carbocycles. The van der Waals surface area contributed by atoms with Crippen LogP contribution in [-0.2, 0) is 0 Å². The molecule has 0 heterocycles. The molecule has 0 radical (unpaired) electrons. The van der Waals surface area contributed by atoms with Crippen LogP contribution >= 0.6 is 11.6 Å². The Morgan fingerprint density at radius 3 is 2.58 bits per heavy atom. The van der Waals surface area contributed by atoms with Gasteiger partial charge in [0.1, 0.15) is 0 Å². The molecule has 0 aliphatic carbocycles. The van der Waals surface area contributed by atoms with E-state index in [1.165, 1.54) is 12.1 Å². The minimum atomic E-state index is -1.14. The molecular formula is C7H4ClF2NO. The van der Waals surface area contributed by atoms with Crippen LogP contribution in [0.1, 0.15) is 5.56 Å². The summed E-state index contributed by atoms with van der Waals surface area (Å²) in [4.78, 5) is 0. The summed E-state index contributed by atoms with van der Waals surface area (Å²) in [5.41, 5.74) is -0.153. The number of hydrogen-bond donors (Lipinski definition) is 1. The summed E-state index contributed by atoms with van der Waals surface area (Å²) in [6.07, 6.45) is 0.786. The van der Waals surface area contributed by atoms with E-state index in [4.69, 9.17) is 16.8 Å². The molecule has 0 amide bonds. The fraction of sp³-hybridized carbons (Fsp3) is 0. The van der Waals surface area contributed by atoms with Crippen molar-refractivity contribution in [2.75, 3.05) is 0 Å². The van der Waals surface area contributed by atoms with Crippen molar-refractivity contribution in [3.8, 4) is 0 Å². The summed E-state index contributed by atoms with van der Waals surface area (Å²) < 4.78 is 25.5. The summed E-state index contributed by atoms with van der Waals surface area (Å²) in [6, 6.07) is 2.39. The van der Waals surface area contributed by atoms with E-state index in [-0.39, 0.29) is 10.6 Å². The second kappa shape index (κ2) is 3.49. The maximum Gasteiger partial charge on any atom is 0.178 e. The molecule has 64 valence electrons. The van der Waals surface area contributed by atoms with Gasteiger partial charge in [-0.15, -0.1) is 0 Å². The lowest BCUT2D eigenvalue weighted by atomic mass is 10.2. The van der Waals surface area contributed by atoms with Crippen LogP contribution in [-0.4, -0.2) is 11.4 Å². The van der Waals surface area contributed by atoms with Gasteiger partial charge >= 0.3 is 0 Å².